The van der Waals surface area contributed by atoms with Crippen LogP contribution in [0.1, 0.15) is 35.4 Å². The van der Waals surface area contributed by atoms with Gasteiger partial charge < -0.3 is 14.6 Å². The molecule has 2 aromatic heterocycles. The van der Waals surface area contributed by atoms with E-state index in [1.54, 1.807) is 0 Å². The molecular formula is C30H32NO4S2+. The largest absolute Gasteiger partial charge is 0.493 e. The summed E-state index contributed by atoms with van der Waals surface area (Å²) in [6.45, 7) is 3.53. The molecule has 0 spiro atoms. The van der Waals surface area contributed by atoms with Crippen LogP contribution in [0.4, 0.5) is 0 Å². The first-order chi connectivity index (χ1) is 18.1. The van der Waals surface area contributed by atoms with Gasteiger partial charge in [0, 0.05) is 31.1 Å². The normalized spacial score (nSPS) is 23.3. The number of esters is 1. The lowest BCUT2D eigenvalue weighted by Gasteiger charge is -2.53. The summed E-state index contributed by atoms with van der Waals surface area (Å²) in [4.78, 5) is 14.9. The maximum atomic E-state index is 13.7. The van der Waals surface area contributed by atoms with Gasteiger partial charge in [0.1, 0.15) is 5.75 Å². The third-order valence-electron chi connectivity index (χ3n) is 8.16. The Kier molecular flexibility index (Phi) is 6.80. The zero-order chi connectivity index (χ0) is 25.3. The van der Waals surface area contributed by atoms with Crippen molar-refractivity contribution in [3.8, 4) is 5.75 Å². The van der Waals surface area contributed by atoms with Crippen LogP contribution < -0.4 is 4.74 Å². The molecular weight excluding hydrogens is 502 g/mol. The molecule has 0 saturated carbocycles. The van der Waals surface area contributed by atoms with Gasteiger partial charge >= 0.3 is 5.97 Å². The van der Waals surface area contributed by atoms with Crippen LogP contribution in [0.2, 0.25) is 0 Å². The lowest BCUT2D eigenvalue weighted by molar-refractivity contribution is -0.984. The highest BCUT2D eigenvalue weighted by atomic mass is 32.1. The van der Waals surface area contributed by atoms with Gasteiger partial charge in [0.2, 0.25) is 11.8 Å². The average molecular weight is 535 g/mol. The molecule has 0 unspecified atom stereocenters. The Morgan fingerprint density at radius 1 is 0.946 bits per heavy atom. The molecule has 3 aliphatic heterocycles. The molecule has 0 amide bonds. The summed E-state index contributed by atoms with van der Waals surface area (Å²) < 4.78 is 13.3. The van der Waals surface area contributed by atoms with Crippen LogP contribution in [-0.4, -0.2) is 48.0 Å². The number of thiophene rings is 2. The SMILES string of the molecule is O=C(O[C@@H]1CC2CC[N+]1(CCCOc1cccc3ccccc13)CC2)C(O)(c1cccs1)c1cccs1. The maximum Gasteiger partial charge on any atom is 0.353 e. The first-order valence-electron chi connectivity index (χ1n) is 13.1. The summed E-state index contributed by atoms with van der Waals surface area (Å²) in [5, 5.41) is 17.8. The number of fused-ring (bicyclic) bond motifs is 4. The Labute approximate surface area is 225 Å². The Balaban J connectivity index is 1.16. The van der Waals surface area contributed by atoms with E-state index < -0.39 is 11.6 Å². The van der Waals surface area contributed by atoms with E-state index in [1.807, 2.05) is 59.3 Å². The second-order valence-electron chi connectivity index (χ2n) is 10.3. The van der Waals surface area contributed by atoms with E-state index in [9.17, 15) is 9.90 Å². The molecule has 192 valence electrons. The number of hydrogen-bond donors (Lipinski definition) is 1. The molecule has 3 fully saturated rings. The van der Waals surface area contributed by atoms with Crippen LogP contribution >= 0.6 is 22.7 Å². The molecule has 3 saturated heterocycles. The standard InChI is InChI=1S/C30H32NO4S2/c32-29(30(33,26-11-4-19-36-26)27-12-5-20-37-27)35-28-21-22-13-16-31(28,17-14-22)15-6-18-34-25-10-3-8-23-7-1-2-9-24(23)25/h1-5,7-12,19-20,22,28,33H,6,13-18,21H2/q+1/t22?,28-,31?/m1/s1. The van der Waals surface area contributed by atoms with Gasteiger partial charge in [0.05, 0.1) is 36.0 Å². The fourth-order valence-electron chi connectivity index (χ4n) is 6.08. The highest BCUT2D eigenvalue weighted by molar-refractivity contribution is 7.12. The van der Waals surface area contributed by atoms with Crippen LogP contribution in [0.3, 0.4) is 0 Å². The van der Waals surface area contributed by atoms with Gasteiger partial charge in [-0.3, -0.25) is 4.48 Å². The van der Waals surface area contributed by atoms with Crippen molar-refractivity contribution < 1.29 is 23.9 Å². The zero-order valence-corrected chi connectivity index (χ0v) is 22.4. The quantitative estimate of drug-likeness (QED) is 0.159. The average Bonchev–Trinajstić information content (AvgIpc) is 3.67. The lowest BCUT2D eigenvalue weighted by Crippen LogP contribution is -2.66. The van der Waals surface area contributed by atoms with Crippen molar-refractivity contribution in [2.45, 2.75) is 37.5 Å². The monoisotopic (exact) mass is 534 g/mol. The molecule has 1 atom stereocenters. The summed E-state index contributed by atoms with van der Waals surface area (Å²) in [6, 6.07) is 21.8. The van der Waals surface area contributed by atoms with Crippen molar-refractivity contribution in [1.82, 2.24) is 0 Å². The van der Waals surface area contributed by atoms with Gasteiger partial charge in [0.25, 0.3) is 0 Å². The first-order valence-corrected chi connectivity index (χ1v) is 14.8. The van der Waals surface area contributed by atoms with Crippen molar-refractivity contribution in [3.63, 3.8) is 0 Å². The first kappa shape index (κ1) is 24.6. The van der Waals surface area contributed by atoms with Crippen molar-refractivity contribution >= 4 is 39.4 Å². The van der Waals surface area contributed by atoms with Crippen LogP contribution in [0, 0.1) is 5.92 Å². The topological polar surface area (TPSA) is 55.8 Å². The number of ether oxygens (including phenoxy) is 2. The highest BCUT2D eigenvalue weighted by Gasteiger charge is 2.52. The Morgan fingerprint density at radius 2 is 1.65 bits per heavy atom. The number of hydrogen-bond acceptors (Lipinski definition) is 6. The van der Waals surface area contributed by atoms with Gasteiger partial charge in [-0.15, -0.1) is 22.7 Å². The molecule has 3 aliphatic rings. The second kappa shape index (κ2) is 10.2. The molecule has 2 aromatic carbocycles. The van der Waals surface area contributed by atoms with Crippen molar-refractivity contribution in [2.75, 3.05) is 26.2 Å². The minimum absolute atomic E-state index is 0.232. The smallest absolute Gasteiger partial charge is 0.353 e. The number of piperidine rings is 3. The van der Waals surface area contributed by atoms with Crippen LogP contribution in [0.5, 0.6) is 5.75 Å². The van der Waals surface area contributed by atoms with E-state index >= 15 is 0 Å². The third-order valence-corrected chi connectivity index (χ3v) is 10.1. The van der Waals surface area contributed by atoms with E-state index in [0.717, 1.165) is 48.1 Å². The molecule has 5 heterocycles. The molecule has 37 heavy (non-hydrogen) atoms. The summed E-state index contributed by atoms with van der Waals surface area (Å²) in [7, 11) is 0. The number of nitrogens with zero attached hydrogens (tertiary/aromatic N) is 1. The lowest BCUT2D eigenvalue weighted by atomic mass is 9.84. The van der Waals surface area contributed by atoms with Gasteiger partial charge in [-0.25, -0.2) is 4.79 Å². The minimum Gasteiger partial charge on any atom is -0.493 e. The number of quaternary nitrogens is 1. The van der Waals surface area contributed by atoms with E-state index in [4.69, 9.17) is 9.47 Å². The van der Waals surface area contributed by atoms with Crippen molar-refractivity contribution in [3.05, 3.63) is 87.2 Å². The number of rotatable bonds is 9. The Morgan fingerprint density at radius 3 is 2.35 bits per heavy atom. The number of aliphatic hydroxyl groups is 1. The van der Waals surface area contributed by atoms with Crippen LogP contribution in [0.15, 0.2) is 77.5 Å². The molecule has 2 bridgehead atoms. The van der Waals surface area contributed by atoms with Gasteiger partial charge in [-0.2, -0.15) is 0 Å². The maximum absolute atomic E-state index is 13.7. The van der Waals surface area contributed by atoms with Crippen molar-refractivity contribution in [2.24, 2.45) is 5.92 Å². The summed E-state index contributed by atoms with van der Waals surface area (Å²) in [5.74, 6) is 0.941. The number of benzene rings is 2. The van der Waals surface area contributed by atoms with E-state index in [-0.39, 0.29) is 6.23 Å². The second-order valence-corrected chi connectivity index (χ2v) is 12.2. The predicted octanol–water partition coefficient (Wildman–Crippen LogP) is 6.17. The fraction of sp³-hybridized carbons (Fsp3) is 0.367. The van der Waals surface area contributed by atoms with E-state index in [2.05, 4.69) is 18.2 Å². The van der Waals surface area contributed by atoms with Gasteiger partial charge in [-0.1, -0.05) is 48.5 Å². The summed E-state index contributed by atoms with van der Waals surface area (Å²) in [6.07, 6.45) is 3.84. The highest BCUT2D eigenvalue weighted by Crippen LogP contribution is 2.42. The van der Waals surface area contributed by atoms with E-state index in [1.165, 1.54) is 40.9 Å². The molecule has 5 nitrogen and oxygen atoms in total. The summed E-state index contributed by atoms with van der Waals surface area (Å²) in [5.41, 5.74) is -1.76. The Bertz CT molecular complexity index is 1300. The molecule has 7 rings (SSSR count). The predicted molar refractivity (Wildman–Crippen MR) is 148 cm³/mol. The molecule has 0 aliphatic carbocycles. The molecule has 4 aromatic rings. The minimum atomic E-state index is -1.76. The van der Waals surface area contributed by atoms with Gasteiger partial charge in [0.15, 0.2) is 0 Å². The third kappa shape index (κ3) is 4.59. The summed E-state index contributed by atoms with van der Waals surface area (Å²) >= 11 is 2.77. The zero-order valence-electron chi connectivity index (χ0n) is 20.8. The van der Waals surface area contributed by atoms with Crippen molar-refractivity contribution in [1.29, 1.82) is 0 Å². The molecule has 7 heteroatoms. The van der Waals surface area contributed by atoms with Crippen LogP contribution in [0.25, 0.3) is 10.8 Å². The van der Waals surface area contributed by atoms with Gasteiger partial charge in [-0.05, 0) is 40.3 Å². The molecule has 0 radical (unpaired) electrons. The fourth-order valence-corrected chi connectivity index (χ4v) is 7.79. The Hall–Kier alpha value is -2.71. The van der Waals surface area contributed by atoms with Crippen LogP contribution in [-0.2, 0) is 15.1 Å². The number of carbonyl (C=O) groups is 1. The van der Waals surface area contributed by atoms with E-state index in [0.29, 0.717) is 22.3 Å². The molecule has 1 N–H and O–H groups in total. The number of carbonyl (C=O) groups excluding carboxylic acids is 1.